The molecule has 1 rings (SSSR count). The number of benzene rings is 1. The quantitative estimate of drug-likeness (QED) is 0.435. The van der Waals surface area contributed by atoms with Crippen LogP contribution in [0.3, 0.4) is 0 Å². The average molecular weight is 223 g/mol. The van der Waals surface area contributed by atoms with Crippen LogP contribution in [0.1, 0.15) is 18.9 Å². The van der Waals surface area contributed by atoms with E-state index in [4.69, 9.17) is 4.74 Å². The summed E-state index contributed by atoms with van der Waals surface area (Å²) in [5, 5.41) is 10.7. The van der Waals surface area contributed by atoms with E-state index in [9.17, 15) is 14.9 Å². The monoisotopic (exact) mass is 223 g/mol. The Kier molecular flexibility index (Phi) is 4.44. The molecule has 0 aliphatic heterocycles. The normalized spacial score (nSPS) is 9.81. The first-order valence-corrected chi connectivity index (χ1v) is 5.03. The molecule has 16 heavy (non-hydrogen) atoms. The van der Waals surface area contributed by atoms with Gasteiger partial charge in [-0.1, -0.05) is 25.1 Å². The zero-order chi connectivity index (χ0) is 12.0. The number of para-hydroxylation sites is 1. The van der Waals surface area contributed by atoms with Crippen molar-refractivity contribution in [2.24, 2.45) is 0 Å². The molecule has 0 spiro atoms. The lowest BCUT2D eigenvalue weighted by molar-refractivity contribution is -0.385. The lowest BCUT2D eigenvalue weighted by Gasteiger charge is -2.03. The molecule has 0 aliphatic carbocycles. The highest BCUT2D eigenvalue weighted by Crippen LogP contribution is 2.17. The highest BCUT2D eigenvalue weighted by Gasteiger charge is 2.12. The van der Waals surface area contributed by atoms with Gasteiger partial charge in [0.2, 0.25) is 0 Å². The van der Waals surface area contributed by atoms with Crippen LogP contribution in [0.5, 0.6) is 0 Å². The van der Waals surface area contributed by atoms with Gasteiger partial charge in [-0.25, -0.2) is 0 Å². The average Bonchev–Trinajstić information content (AvgIpc) is 2.29. The van der Waals surface area contributed by atoms with Gasteiger partial charge in [-0.15, -0.1) is 0 Å². The van der Waals surface area contributed by atoms with Crippen LogP contribution in [0.2, 0.25) is 0 Å². The van der Waals surface area contributed by atoms with Crippen molar-refractivity contribution in [3.05, 3.63) is 39.9 Å². The first kappa shape index (κ1) is 12.2. The number of rotatable bonds is 5. The summed E-state index contributed by atoms with van der Waals surface area (Å²) in [5.74, 6) is -0.293. The van der Waals surface area contributed by atoms with E-state index >= 15 is 0 Å². The molecule has 0 fully saturated rings. The van der Waals surface area contributed by atoms with Crippen LogP contribution < -0.4 is 0 Å². The van der Waals surface area contributed by atoms with E-state index in [1.54, 1.807) is 25.1 Å². The van der Waals surface area contributed by atoms with Crippen LogP contribution in [0.25, 0.3) is 0 Å². The summed E-state index contributed by atoms with van der Waals surface area (Å²) < 4.78 is 4.87. The van der Waals surface area contributed by atoms with Crippen LogP contribution in [-0.2, 0) is 16.0 Å². The first-order chi connectivity index (χ1) is 7.65. The van der Waals surface area contributed by atoms with Crippen LogP contribution in [0.4, 0.5) is 5.69 Å². The third kappa shape index (κ3) is 3.34. The SMILES string of the molecule is CCC(=O)OCCc1ccccc1[N+](=O)[O-]. The molecule has 0 aliphatic rings. The summed E-state index contributed by atoms with van der Waals surface area (Å²) in [5.41, 5.74) is 0.645. The van der Waals surface area contributed by atoms with E-state index in [-0.39, 0.29) is 18.3 Å². The lowest BCUT2D eigenvalue weighted by Crippen LogP contribution is -2.07. The predicted molar refractivity (Wildman–Crippen MR) is 58.1 cm³/mol. The minimum absolute atomic E-state index is 0.0649. The maximum atomic E-state index is 10.9. The fraction of sp³-hybridized carbons (Fsp3) is 0.364. The smallest absolute Gasteiger partial charge is 0.305 e. The Morgan fingerprint density at radius 2 is 2.12 bits per heavy atom. The Bertz CT molecular complexity index is 389. The van der Waals surface area contributed by atoms with Gasteiger partial charge >= 0.3 is 5.97 Å². The van der Waals surface area contributed by atoms with Gasteiger partial charge in [0.05, 0.1) is 11.5 Å². The van der Waals surface area contributed by atoms with Gasteiger partial charge < -0.3 is 4.74 Å². The molecular weight excluding hydrogens is 210 g/mol. The van der Waals surface area contributed by atoms with Gasteiger partial charge in [0.15, 0.2) is 0 Å². The fourth-order valence-corrected chi connectivity index (χ4v) is 1.28. The van der Waals surface area contributed by atoms with Gasteiger partial charge in [-0.2, -0.15) is 0 Å². The van der Waals surface area contributed by atoms with Gasteiger partial charge in [-0.05, 0) is 0 Å². The van der Waals surface area contributed by atoms with Crippen LogP contribution in [0.15, 0.2) is 24.3 Å². The number of hydrogen-bond donors (Lipinski definition) is 0. The number of carbonyl (C=O) groups excluding carboxylic acids is 1. The molecule has 0 unspecified atom stereocenters. The maximum Gasteiger partial charge on any atom is 0.305 e. The van der Waals surface area contributed by atoms with Crippen molar-refractivity contribution in [2.75, 3.05) is 6.61 Å². The molecule has 5 heteroatoms. The minimum Gasteiger partial charge on any atom is -0.465 e. The van der Waals surface area contributed by atoms with Gasteiger partial charge in [0, 0.05) is 24.5 Å². The molecule has 0 bridgehead atoms. The fourth-order valence-electron chi connectivity index (χ4n) is 1.28. The van der Waals surface area contributed by atoms with Crippen molar-refractivity contribution >= 4 is 11.7 Å². The first-order valence-electron chi connectivity index (χ1n) is 5.03. The van der Waals surface area contributed by atoms with E-state index in [2.05, 4.69) is 0 Å². The second-order valence-electron chi connectivity index (χ2n) is 3.21. The van der Waals surface area contributed by atoms with Crippen molar-refractivity contribution in [2.45, 2.75) is 19.8 Å². The summed E-state index contributed by atoms with van der Waals surface area (Å²) >= 11 is 0. The molecule has 1 aromatic carbocycles. The molecule has 0 saturated heterocycles. The Morgan fingerprint density at radius 1 is 1.44 bits per heavy atom. The number of esters is 1. The molecule has 1 aromatic rings. The maximum absolute atomic E-state index is 10.9. The van der Waals surface area contributed by atoms with Crippen molar-refractivity contribution in [3.63, 3.8) is 0 Å². The molecule has 0 heterocycles. The number of nitro benzene ring substituents is 1. The molecule has 5 nitrogen and oxygen atoms in total. The third-order valence-corrected chi connectivity index (χ3v) is 2.11. The molecule has 0 aromatic heterocycles. The highest BCUT2D eigenvalue weighted by molar-refractivity contribution is 5.68. The van der Waals surface area contributed by atoms with E-state index in [1.165, 1.54) is 6.07 Å². The van der Waals surface area contributed by atoms with Crippen LogP contribution in [0, 0.1) is 10.1 Å². The van der Waals surface area contributed by atoms with Gasteiger partial charge in [0.25, 0.3) is 5.69 Å². The second kappa shape index (κ2) is 5.85. The van der Waals surface area contributed by atoms with Crippen LogP contribution >= 0.6 is 0 Å². The molecule has 86 valence electrons. The van der Waals surface area contributed by atoms with Crippen molar-refractivity contribution < 1.29 is 14.5 Å². The lowest BCUT2D eigenvalue weighted by atomic mass is 10.1. The zero-order valence-corrected chi connectivity index (χ0v) is 9.01. The Morgan fingerprint density at radius 3 is 2.75 bits per heavy atom. The van der Waals surface area contributed by atoms with Gasteiger partial charge in [-0.3, -0.25) is 14.9 Å². The van der Waals surface area contributed by atoms with E-state index < -0.39 is 4.92 Å². The van der Waals surface area contributed by atoms with E-state index in [0.29, 0.717) is 18.4 Å². The molecule has 0 atom stereocenters. The molecule has 0 saturated carbocycles. The summed E-state index contributed by atoms with van der Waals surface area (Å²) in [4.78, 5) is 21.1. The Labute approximate surface area is 93.2 Å². The number of carbonyl (C=O) groups is 1. The highest BCUT2D eigenvalue weighted by atomic mass is 16.6. The third-order valence-electron chi connectivity index (χ3n) is 2.11. The van der Waals surface area contributed by atoms with E-state index in [1.807, 2.05) is 0 Å². The van der Waals surface area contributed by atoms with E-state index in [0.717, 1.165) is 0 Å². The largest absolute Gasteiger partial charge is 0.465 e. The summed E-state index contributed by atoms with van der Waals surface area (Å²) in [6.45, 7) is 1.88. The van der Waals surface area contributed by atoms with Gasteiger partial charge in [0.1, 0.15) is 0 Å². The number of nitro groups is 1. The standard InChI is InChI=1S/C11H13NO4/c1-2-11(13)16-8-7-9-5-3-4-6-10(9)12(14)15/h3-6H,2,7-8H2,1H3. The number of hydrogen-bond acceptors (Lipinski definition) is 4. The second-order valence-corrected chi connectivity index (χ2v) is 3.21. The summed E-state index contributed by atoms with van der Waals surface area (Å²) in [7, 11) is 0. The summed E-state index contributed by atoms with van der Waals surface area (Å²) in [6, 6.07) is 6.44. The summed E-state index contributed by atoms with van der Waals surface area (Å²) in [6.07, 6.45) is 0.680. The molecule has 0 radical (unpaired) electrons. The number of ether oxygens (including phenoxy) is 1. The number of nitrogens with zero attached hydrogens (tertiary/aromatic N) is 1. The molecule has 0 N–H and O–H groups in total. The topological polar surface area (TPSA) is 69.4 Å². The minimum atomic E-state index is -0.434. The van der Waals surface area contributed by atoms with Crippen molar-refractivity contribution in [1.82, 2.24) is 0 Å². The molecule has 0 amide bonds. The van der Waals surface area contributed by atoms with Crippen LogP contribution in [-0.4, -0.2) is 17.5 Å². The van der Waals surface area contributed by atoms with Crippen molar-refractivity contribution in [3.8, 4) is 0 Å². The van der Waals surface area contributed by atoms with Crippen molar-refractivity contribution in [1.29, 1.82) is 0 Å². The zero-order valence-electron chi connectivity index (χ0n) is 9.01. The molecular formula is C11H13NO4. The predicted octanol–water partition coefficient (Wildman–Crippen LogP) is 2.09. The Hall–Kier alpha value is -1.91. The Balaban J connectivity index is 2.60.